The Morgan fingerprint density at radius 3 is 3.21 bits per heavy atom. The van der Waals surface area contributed by atoms with E-state index in [1.807, 2.05) is 6.92 Å². The van der Waals surface area contributed by atoms with Crippen molar-refractivity contribution in [3.05, 3.63) is 11.3 Å². The molecule has 0 bridgehead atoms. The van der Waals surface area contributed by atoms with Crippen molar-refractivity contribution >= 4 is 11.7 Å². The second kappa shape index (κ2) is 3.92. The molecule has 0 spiro atoms. The van der Waals surface area contributed by atoms with Crippen LogP contribution in [0, 0.1) is 0 Å². The molecule has 0 aromatic heterocycles. The van der Waals surface area contributed by atoms with Gasteiger partial charge in [-0.15, -0.1) is 0 Å². The van der Waals surface area contributed by atoms with Gasteiger partial charge in [0.05, 0.1) is 6.61 Å². The minimum absolute atomic E-state index is 0.262. The molecule has 0 saturated carbocycles. The lowest BCUT2D eigenvalue weighted by Gasteiger charge is -2.12. The molecule has 0 aliphatic carbocycles. The second-order valence-corrected chi connectivity index (χ2v) is 3.43. The minimum Gasteiger partial charge on any atom is -0.461 e. The van der Waals surface area contributed by atoms with Gasteiger partial charge < -0.3 is 10.1 Å². The summed E-state index contributed by atoms with van der Waals surface area (Å²) in [5.41, 5.74) is 2.91. The number of ether oxygens (including phenoxy) is 1. The summed E-state index contributed by atoms with van der Waals surface area (Å²) in [6, 6.07) is 0. The summed E-state index contributed by atoms with van der Waals surface area (Å²) in [5, 5.41) is 3.26. The third-order valence-corrected chi connectivity index (χ3v) is 2.45. The molecule has 14 heavy (non-hydrogen) atoms. The van der Waals surface area contributed by atoms with E-state index < -0.39 is 0 Å². The van der Waals surface area contributed by atoms with Crippen molar-refractivity contribution in [2.24, 2.45) is 4.99 Å². The lowest BCUT2D eigenvalue weighted by molar-refractivity contribution is -0.135. The van der Waals surface area contributed by atoms with Crippen molar-refractivity contribution < 1.29 is 9.53 Å². The van der Waals surface area contributed by atoms with Gasteiger partial charge in [-0.1, -0.05) is 0 Å². The zero-order valence-corrected chi connectivity index (χ0v) is 8.30. The van der Waals surface area contributed by atoms with Gasteiger partial charge in [-0.05, 0) is 12.5 Å². The van der Waals surface area contributed by atoms with Gasteiger partial charge in [-0.25, -0.2) is 9.79 Å². The van der Waals surface area contributed by atoms with Crippen LogP contribution in [0.4, 0.5) is 0 Å². The summed E-state index contributed by atoms with van der Waals surface area (Å²) in [7, 11) is 0. The van der Waals surface area contributed by atoms with Gasteiger partial charge in [-0.3, -0.25) is 0 Å². The van der Waals surface area contributed by atoms with Crippen LogP contribution in [0.15, 0.2) is 16.3 Å². The summed E-state index contributed by atoms with van der Waals surface area (Å²) in [6.07, 6.45) is 1.60. The van der Waals surface area contributed by atoms with E-state index >= 15 is 0 Å². The SMILES string of the molecule is CCOC(=O)C1=NC2=C(CNCC2)C1. The van der Waals surface area contributed by atoms with Crippen LogP contribution in [-0.4, -0.2) is 31.4 Å². The second-order valence-electron chi connectivity index (χ2n) is 3.43. The van der Waals surface area contributed by atoms with Crippen molar-refractivity contribution in [1.82, 2.24) is 5.32 Å². The van der Waals surface area contributed by atoms with Gasteiger partial charge in [0.15, 0.2) is 0 Å². The van der Waals surface area contributed by atoms with Crippen molar-refractivity contribution in [1.29, 1.82) is 0 Å². The Hall–Kier alpha value is -1.16. The average molecular weight is 194 g/mol. The molecule has 2 rings (SSSR count). The summed E-state index contributed by atoms with van der Waals surface area (Å²) in [5.74, 6) is -0.262. The van der Waals surface area contributed by atoms with Crippen molar-refractivity contribution in [2.45, 2.75) is 19.8 Å². The maximum atomic E-state index is 11.4. The van der Waals surface area contributed by atoms with Crippen LogP contribution in [0.3, 0.4) is 0 Å². The highest BCUT2D eigenvalue weighted by Crippen LogP contribution is 2.24. The molecule has 4 heteroatoms. The van der Waals surface area contributed by atoms with Gasteiger partial charge in [-0.2, -0.15) is 0 Å². The number of hydrogen-bond donors (Lipinski definition) is 1. The van der Waals surface area contributed by atoms with Crippen LogP contribution in [-0.2, 0) is 9.53 Å². The van der Waals surface area contributed by atoms with Crippen LogP contribution in [0.1, 0.15) is 19.8 Å². The molecule has 0 atom stereocenters. The molecule has 4 nitrogen and oxygen atoms in total. The van der Waals surface area contributed by atoms with E-state index in [4.69, 9.17) is 4.74 Å². The lowest BCUT2D eigenvalue weighted by atomic mass is 10.1. The summed E-state index contributed by atoms with van der Waals surface area (Å²) >= 11 is 0. The van der Waals surface area contributed by atoms with Gasteiger partial charge in [0.2, 0.25) is 0 Å². The molecule has 0 amide bonds. The van der Waals surface area contributed by atoms with Crippen molar-refractivity contribution in [3.8, 4) is 0 Å². The predicted molar refractivity (Wildman–Crippen MR) is 53.2 cm³/mol. The van der Waals surface area contributed by atoms with Crippen molar-refractivity contribution in [3.63, 3.8) is 0 Å². The highest BCUT2D eigenvalue weighted by Gasteiger charge is 2.25. The van der Waals surface area contributed by atoms with E-state index in [-0.39, 0.29) is 5.97 Å². The molecule has 0 saturated heterocycles. The predicted octanol–water partition coefficient (Wildman–Crippen LogP) is 0.642. The highest BCUT2D eigenvalue weighted by molar-refractivity contribution is 6.38. The van der Waals surface area contributed by atoms with E-state index in [1.165, 1.54) is 5.57 Å². The maximum absolute atomic E-state index is 11.4. The van der Waals surface area contributed by atoms with E-state index in [9.17, 15) is 4.79 Å². The summed E-state index contributed by atoms with van der Waals surface area (Å²) in [4.78, 5) is 15.7. The third kappa shape index (κ3) is 1.70. The van der Waals surface area contributed by atoms with E-state index in [0.29, 0.717) is 18.7 Å². The van der Waals surface area contributed by atoms with Gasteiger partial charge >= 0.3 is 5.97 Å². The molecule has 2 aliphatic rings. The number of esters is 1. The Balaban J connectivity index is 2.04. The average Bonchev–Trinajstić information content (AvgIpc) is 2.61. The zero-order valence-electron chi connectivity index (χ0n) is 8.30. The van der Waals surface area contributed by atoms with Crippen molar-refractivity contribution in [2.75, 3.05) is 19.7 Å². The number of aliphatic imine (C=N–C) groups is 1. The van der Waals surface area contributed by atoms with E-state index in [1.54, 1.807) is 0 Å². The molecule has 0 aromatic carbocycles. The first kappa shape index (κ1) is 9.40. The Kier molecular flexibility index (Phi) is 2.63. The molecule has 0 unspecified atom stereocenters. The zero-order chi connectivity index (χ0) is 9.97. The van der Waals surface area contributed by atoms with E-state index in [0.717, 1.165) is 25.2 Å². The molecule has 2 aliphatic heterocycles. The topological polar surface area (TPSA) is 50.7 Å². The fraction of sp³-hybridized carbons (Fsp3) is 0.600. The first-order chi connectivity index (χ1) is 6.81. The standard InChI is InChI=1S/C10H14N2O2/c1-2-14-10(13)9-5-7-6-11-4-3-8(7)12-9/h11H,2-6H2,1H3. The van der Waals surface area contributed by atoms with Crippen LogP contribution in [0.25, 0.3) is 0 Å². The number of nitrogens with one attached hydrogen (secondary N) is 1. The normalized spacial score (nSPS) is 20.5. The number of rotatable bonds is 2. The van der Waals surface area contributed by atoms with Gasteiger partial charge in [0.25, 0.3) is 0 Å². The molecule has 0 radical (unpaired) electrons. The third-order valence-electron chi connectivity index (χ3n) is 2.45. The fourth-order valence-electron chi connectivity index (χ4n) is 1.76. The number of nitrogens with zero attached hydrogens (tertiary/aromatic N) is 1. The maximum Gasteiger partial charge on any atom is 0.352 e. The van der Waals surface area contributed by atoms with Gasteiger partial charge in [0, 0.05) is 31.6 Å². The molecule has 0 aromatic rings. The summed E-state index contributed by atoms with van der Waals surface area (Å²) < 4.78 is 4.92. The number of carbonyl (C=O) groups is 1. The molecule has 1 N–H and O–H groups in total. The molecule has 0 fully saturated rings. The molecule has 76 valence electrons. The smallest absolute Gasteiger partial charge is 0.352 e. The number of hydrogen-bond acceptors (Lipinski definition) is 4. The minimum atomic E-state index is -0.262. The van der Waals surface area contributed by atoms with Crippen LogP contribution >= 0.6 is 0 Å². The Labute approximate surface area is 83.0 Å². The number of carbonyl (C=O) groups excluding carboxylic acids is 1. The van der Waals surface area contributed by atoms with Crippen LogP contribution in [0.5, 0.6) is 0 Å². The Bertz CT molecular complexity index is 318. The van der Waals surface area contributed by atoms with Crippen LogP contribution in [0.2, 0.25) is 0 Å². The quantitative estimate of drug-likeness (QED) is 0.656. The molecular formula is C10H14N2O2. The monoisotopic (exact) mass is 194 g/mol. The molecule has 2 heterocycles. The summed E-state index contributed by atoms with van der Waals surface area (Å²) in [6.45, 7) is 4.04. The first-order valence-electron chi connectivity index (χ1n) is 4.97. The Morgan fingerprint density at radius 1 is 1.64 bits per heavy atom. The highest BCUT2D eigenvalue weighted by atomic mass is 16.5. The van der Waals surface area contributed by atoms with Crippen LogP contribution < -0.4 is 5.32 Å². The largest absolute Gasteiger partial charge is 0.461 e. The van der Waals surface area contributed by atoms with Gasteiger partial charge in [0.1, 0.15) is 5.71 Å². The first-order valence-corrected chi connectivity index (χ1v) is 4.97. The van der Waals surface area contributed by atoms with E-state index in [2.05, 4.69) is 10.3 Å². The fourth-order valence-corrected chi connectivity index (χ4v) is 1.76. The Morgan fingerprint density at radius 2 is 2.50 bits per heavy atom. The molecular weight excluding hydrogens is 180 g/mol. The lowest BCUT2D eigenvalue weighted by Crippen LogP contribution is -2.24.